The van der Waals surface area contributed by atoms with Gasteiger partial charge in [-0.3, -0.25) is 14.3 Å². The number of unbranched alkanes of at least 4 members (excludes halogenated alkanes) is 1. The van der Waals surface area contributed by atoms with E-state index in [1.165, 1.54) is 29.2 Å². The summed E-state index contributed by atoms with van der Waals surface area (Å²) in [6.07, 6.45) is 0.980. The lowest BCUT2D eigenvalue weighted by molar-refractivity contribution is -0.123. The van der Waals surface area contributed by atoms with Crippen molar-refractivity contribution in [3.05, 3.63) is 84.4 Å². The van der Waals surface area contributed by atoms with Crippen molar-refractivity contribution in [1.82, 2.24) is 20.9 Å². The number of alkyl carbamates (subject to hydrolysis) is 1. The standard InChI is InChI=1S/C37H47N5O9S/c1-37(2,3)51-35(45)38-22-10-9-14-31(34(44)39-25-26-20-23-42(24-21-26)36(46)47)40-33(43)27-16-18-29(19-17-27)52(48,49)41-30-13-7-8-15-32(30)50-28-11-5-4-6-12-28/h4-8,11-13,15-19,26,31,41H,9-10,14,20-25H2,1-3H3,(H,38,45)(H,39,44)(H,40,43)(H,46,47)/t31-/m0/s1. The monoisotopic (exact) mass is 737 g/mol. The van der Waals surface area contributed by atoms with Crippen LogP contribution in [0.3, 0.4) is 0 Å². The number of benzene rings is 3. The summed E-state index contributed by atoms with van der Waals surface area (Å²) in [6.45, 7) is 6.70. The number of likely N-dealkylation sites (tertiary alicyclic amines) is 1. The number of hydrogen-bond acceptors (Lipinski definition) is 8. The molecule has 0 aliphatic carbocycles. The molecule has 280 valence electrons. The third-order valence-electron chi connectivity index (χ3n) is 8.19. The van der Waals surface area contributed by atoms with Gasteiger partial charge in [0.2, 0.25) is 5.91 Å². The fraction of sp³-hybridized carbons (Fsp3) is 0.405. The van der Waals surface area contributed by atoms with Gasteiger partial charge in [0.05, 0.1) is 10.6 Å². The molecule has 1 fully saturated rings. The van der Waals surface area contributed by atoms with Crippen LogP contribution in [0.25, 0.3) is 0 Å². The molecule has 1 aliphatic heterocycles. The molecule has 4 rings (SSSR count). The number of anilines is 1. The number of amides is 4. The molecule has 3 aromatic rings. The minimum absolute atomic E-state index is 0.0840. The average Bonchev–Trinajstić information content (AvgIpc) is 3.10. The van der Waals surface area contributed by atoms with Gasteiger partial charge in [0.1, 0.15) is 17.4 Å². The van der Waals surface area contributed by atoms with Crippen molar-refractivity contribution in [1.29, 1.82) is 0 Å². The van der Waals surface area contributed by atoms with E-state index in [0.717, 1.165) is 0 Å². The lowest BCUT2D eigenvalue weighted by atomic mass is 9.97. The van der Waals surface area contributed by atoms with Crippen LogP contribution in [0.5, 0.6) is 11.5 Å². The first-order chi connectivity index (χ1) is 24.7. The van der Waals surface area contributed by atoms with Crippen molar-refractivity contribution in [2.24, 2.45) is 5.92 Å². The predicted octanol–water partition coefficient (Wildman–Crippen LogP) is 5.58. The number of piperidine rings is 1. The molecule has 0 aromatic heterocycles. The van der Waals surface area contributed by atoms with E-state index in [1.807, 2.05) is 6.07 Å². The number of para-hydroxylation sites is 3. The normalized spacial score (nSPS) is 14.1. The van der Waals surface area contributed by atoms with E-state index >= 15 is 0 Å². The number of carbonyl (C=O) groups is 4. The summed E-state index contributed by atoms with van der Waals surface area (Å²) in [5, 5.41) is 17.6. The van der Waals surface area contributed by atoms with Gasteiger partial charge in [0, 0.05) is 31.7 Å². The van der Waals surface area contributed by atoms with E-state index in [0.29, 0.717) is 63.4 Å². The van der Waals surface area contributed by atoms with Crippen LogP contribution in [-0.4, -0.2) is 80.2 Å². The topological polar surface area (TPSA) is 192 Å². The number of carboxylic acid groups (broad SMARTS) is 1. The van der Waals surface area contributed by atoms with Crippen LogP contribution >= 0.6 is 0 Å². The van der Waals surface area contributed by atoms with Gasteiger partial charge in [0.15, 0.2) is 5.75 Å². The van der Waals surface area contributed by atoms with Crippen LogP contribution in [0.1, 0.15) is 63.2 Å². The molecular weight excluding hydrogens is 691 g/mol. The highest BCUT2D eigenvalue weighted by atomic mass is 32.2. The number of nitrogens with one attached hydrogen (secondary N) is 4. The molecule has 0 saturated carbocycles. The summed E-state index contributed by atoms with van der Waals surface area (Å²) in [5.74, 6) is -0.0259. The van der Waals surface area contributed by atoms with E-state index in [9.17, 15) is 32.7 Å². The maximum absolute atomic E-state index is 13.3. The Kier molecular flexibility index (Phi) is 13.9. The third kappa shape index (κ3) is 12.5. The quantitative estimate of drug-likeness (QED) is 0.124. The molecule has 0 radical (unpaired) electrons. The third-order valence-corrected chi connectivity index (χ3v) is 9.57. The minimum Gasteiger partial charge on any atom is -0.465 e. The van der Waals surface area contributed by atoms with Gasteiger partial charge in [-0.05, 0) is 107 Å². The van der Waals surface area contributed by atoms with Crippen LogP contribution < -0.4 is 25.4 Å². The molecule has 3 aromatic carbocycles. The Morgan fingerprint density at radius 1 is 0.885 bits per heavy atom. The van der Waals surface area contributed by atoms with Crippen molar-refractivity contribution in [3.8, 4) is 11.5 Å². The molecule has 15 heteroatoms. The molecule has 1 heterocycles. The van der Waals surface area contributed by atoms with Gasteiger partial charge in [-0.1, -0.05) is 30.3 Å². The van der Waals surface area contributed by atoms with Crippen LogP contribution in [0.15, 0.2) is 83.8 Å². The Morgan fingerprint density at radius 2 is 1.54 bits per heavy atom. The first-order valence-corrected chi connectivity index (χ1v) is 18.7. The summed E-state index contributed by atoms with van der Waals surface area (Å²) in [6, 6.07) is 20.0. The maximum Gasteiger partial charge on any atom is 0.407 e. The molecule has 4 amide bonds. The second-order valence-electron chi connectivity index (χ2n) is 13.4. The van der Waals surface area contributed by atoms with Crippen LogP contribution in [0, 0.1) is 5.92 Å². The zero-order valence-electron chi connectivity index (χ0n) is 29.6. The largest absolute Gasteiger partial charge is 0.465 e. The molecule has 0 bridgehead atoms. The van der Waals surface area contributed by atoms with Crippen LogP contribution in [0.2, 0.25) is 0 Å². The summed E-state index contributed by atoms with van der Waals surface area (Å²) < 4.78 is 40.3. The fourth-order valence-electron chi connectivity index (χ4n) is 5.43. The zero-order valence-corrected chi connectivity index (χ0v) is 30.4. The Hall–Kier alpha value is -5.31. The highest BCUT2D eigenvalue weighted by molar-refractivity contribution is 7.92. The number of nitrogens with zero attached hydrogens (tertiary/aromatic N) is 1. The number of ether oxygens (including phenoxy) is 2. The first kappa shape index (κ1) is 39.5. The Morgan fingerprint density at radius 3 is 2.19 bits per heavy atom. The van der Waals surface area contributed by atoms with Crippen molar-refractivity contribution < 1.29 is 42.2 Å². The van der Waals surface area contributed by atoms with Gasteiger partial charge in [-0.2, -0.15) is 0 Å². The van der Waals surface area contributed by atoms with E-state index in [-0.39, 0.29) is 28.5 Å². The lowest BCUT2D eigenvalue weighted by Gasteiger charge is -2.30. The second kappa shape index (κ2) is 18.3. The molecule has 1 atom stereocenters. The van der Waals surface area contributed by atoms with E-state index in [1.54, 1.807) is 69.3 Å². The van der Waals surface area contributed by atoms with E-state index in [2.05, 4.69) is 20.7 Å². The van der Waals surface area contributed by atoms with Gasteiger partial charge in [-0.25, -0.2) is 18.0 Å². The lowest BCUT2D eigenvalue weighted by Crippen LogP contribution is -2.48. The first-order valence-electron chi connectivity index (χ1n) is 17.2. The zero-order chi connectivity index (χ0) is 37.7. The molecule has 14 nitrogen and oxygen atoms in total. The van der Waals surface area contributed by atoms with Crippen LogP contribution in [0.4, 0.5) is 15.3 Å². The molecule has 1 aliphatic rings. The molecular formula is C37H47N5O9S. The van der Waals surface area contributed by atoms with Gasteiger partial charge in [-0.15, -0.1) is 0 Å². The number of carbonyl (C=O) groups excluding carboxylic acids is 3. The highest BCUT2D eigenvalue weighted by Crippen LogP contribution is 2.31. The second-order valence-corrected chi connectivity index (χ2v) is 15.1. The predicted molar refractivity (Wildman–Crippen MR) is 195 cm³/mol. The van der Waals surface area contributed by atoms with Crippen molar-refractivity contribution in [3.63, 3.8) is 0 Å². The number of sulfonamides is 1. The number of rotatable bonds is 15. The smallest absolute Gasteiger partial charge is 0.407 e. The van der Waals surface area contributed by atoms with Gasteiger partial charge >= 0.3 is 12.2 Å². The van der Waals surface area contributed by atoms with Crippen molar-refractivity contribution in [2.75, 3.05) is 30.9 Å². The van der Waals surface area contributed by atoms with E-state index < -0.39 is 45.7 Å². The van der Waals surface area contributed by atoms with E-state index in [4.69, 9.17) is 9.47 Å². The summed E-state index contributed by atoms with van der Waals surface area (Å²) in [5.41, 5.74) is -0.253. The molecule has 0 unspecified atom stereocenters. The molecule has 0 spiro atoms. The number of hydrogen-bond donors (Lipinski definition) is 5. The summed E-state index contributed by atoms with van der Waals surface area (Å²) in [4.78, 5) is 51.2. The molecule has 1 saturated heterocycles. The Labute approximate surface area is 304 Å². The summed E-state index contributed by atoms with van der Waals surface area (Å²) in [7, 11) is -4.07. The molecule has 5 N–H and O–H groups in total. The van der Waals surface area contributed by atoms with Gasteiger partial charge < -0.3 is 35.4 Å². The van der Waals surface area contributed by atoms with Crippen molar-refractivity contribution in [2.45, 2.75) is 69.4 Å². The minimum atomic E-state index is -4.07. The van der Waals surface area contributed by atoms with Gasteiger partial charge in [0.25, 0.3) is 15.9 Å². The Balaban J connectivity index is 1.37. The highest BCUT2D eigenvalue weighted by Gasteiger charge is 2.26. The molecule has 52 heavy (non-hydrogen) atoms. The summed E-state index contributed by atoms with van der Waals surface area (Å²) >= 11 is 0. The average molecular weight is 738 g/mol. The fourth-order valence-corrected chi connectivity index (χ4v) is 6.50. The van der Waals surface area contributed by atoms with Crippen LogP contribution in [-0.2, 0) is 19.6 Å². The SMILES string of the molecule is CC(C)(C)OC(=O)NCCCC[C@H](NC(=O)c1ccc(S(=O)(=O)Nc2ccccc2Oc2ccccc2)cc1)C(=O)NCC1CCN(C(=O)O)CC1. The Bertz CT molecular complexity index is 1770. The van der Waals surface area contributed by atoms with Crippen molar-refractivity contribution >= 4 is 39.7 Å². The maximum atomic E-state index is 13.3.